The molecule has 5 nitrogen and oxygen atoms in total. The van der Waals surface area contributed by atoms with Gasteiger partial charge in [0.05, 0.1) is 5.56 Å². The fraction of sp³-hybridized carbons (Fsp3) is 0.700. The molecule has 1 aromatic heterocycles. The maximum atomic E-state index is 12.9. The summed E-state index contributed by atoms with van der Waals surface area (Å²) in [7, 11) is 1.92. The Bertz CT molecular complexity index is 693. The number of fused-ring (bicyclic) bond motifs is 1. The van der Waals surface area contributed by atoms with Gasteiger partial charge in [-0.2, -0.15) is 0 Å². The van der Waals surface area contributed by atoms with Crippen molar-refractivity contribution in [2.45, 2.75) is 58.8 Å². The summed E-state index contributed by atoms with van der Waals surface area (Å²) in [5.41, 5.74) is 1.37. The van der Waals surface area contributed by atoms with Crippen LogP contribution in [0.3, 0.4) is 0 Å². The number of carbonyl (C=O) groups excluding carboxylic acids is 1. The smallest absolute Gasteiger partial charge is 0.339 e. The normalized spacial score (nSPS) is 24.7. The van der Waals surface area contributed by atoms with E-state index >= 15 is 0 Å². The summed E-state index contributed by atoms with van der Waals surface area (Å²) in [4.78, 5) is 26.0. The molecule has 0 saturated heterocycles. The number of amides is 1. The van der Waals surface area contributed by atoms with Crippen LogP contribution < -0.4 is 10.6 Å². The van der Waals surface area contributed by atoms with E-state index in [1.165, 1.54) is 17.8 Å². The molecular formula is C20H30N2O3S. The molecule has 2 atom stereocenters. The summed E-state index contributed by atoms with van der Waals surface area (Å²) >= 11 is 1.47. The van der Waals surface area contributed by atoms with E-state index in [4.69, 9.17) is 0 Å². The summed E-state index contributed by atoms with van der Waals surface area (Å²) in [6.45, 7) is 5.20. The first kappa shape index (κ1) is 19.4. The first-order valence-electron chi connectivity index (χ1n) is 9.65. The molecule has 1 amide bonds. The van der Waals surface area contributed by atoms with Crippen LogP contribution in [-0.2, 0) is 17.6 Å². The number of nitrogens with one attached hydrogen (secondary N) is 2. The van der Waals surface area contributed by atoms with Gasteiger partial charge in [0.1, 0.15) is 5.00 Å². The molecule has 1 fully saturated rings. The Labute approximate surface area is 159 Å². The third-order valence-electron chi connectivity index (χ3n) is 5.94. The van der Waals surface area contributed by atoms with Gasteiger partial charge in [0.15, 0.2) is 0 Å². The van der Waals surface area contributed by atoms with Crippen molar-refractivity contribution < 1.29 is 14.7 Å². The highest BCUT2D eigenvalue weighted by Crippen LogP contribution is 2.44. The van der Waals surface area contributed by atoms with Crippen molar-refractivity contribution in [3.8, 4) is 0 Å². The molecule has 0 aliphatic heterocycles. The fourth-order valence-electron chi connectivity index (χ4n) is 4.50. The molecule has 0 aromatic carbocycles. The van der Waals surface area contributed by atoms with Crippen LogP contribution in [0.15, 0.2) is 0 Å². The van der Waals surface area contributed by atoms with E-state index in [1.54, 1.807) is 0 Å². The summed E-state index contributed by atoms with van der Waals surface area (Å²) < 4.78 is 0. The van der Waals surface area contributed by atoms with Gasteiger partial charge in [-0.05, 0) is 62.6 Å². The van der Waals surface area contributed by atoms with Gasteiger partial charge in [-0.3, -0.25) is 4.79 Å². The fourth-order valence-corrected chi connectivity index (χ4v) is 5.71. The molecule has 144 valence electrons. The zero-order chi connectivity index (χ0) is 18.9. The first-order chi connectivity index (χ1) is 12.3. The van der Waals surface area contributed by atoms with E-state index in [-0.39, 0.29) is 17.2 Å². The van der Waals surface area contributed by atoms with Crippen LogP contribution in [0, 0.1) is 17.3 Å². The Balaban J connectivity index is 1.84. The van der Waals surface area contributed by atoms with Gasteiger partial charge in [-0.15, -0.1) is 11.3 Å². The predicted octanol–water partition coefficient (Wildman–Crippen LogP) is 3.93. The molecule has 0 bridgehead atoms. The van der Waals surface area contributed by atoms with Crippen molar-refractivity contribution in [2.75, 3.05) is 18.9 Å². The molecule has 1 aromatic rings. The highest BCUT2D eigenvalue weighted by Gasteiger charge is 2.35. The highest BCUT2D eigenvalue weighted by molar-refractivity contribution is 7.17. The van der Waals surface area contributed by atoms with Gasteiger partial charge in [0.25, 0.3) is 0 Å². The quantitative estimate of drug-likeness (QED) is 0.725. The van der Waals surface area contributed by atoms with Gasteiger partial charge in [-0.1, -0.05) is 26.7 Å². The Morgan fingerprint density at radius 3 is 2.69 bits per heavy atom. The number of hydrogen-bond donors (Lipinski definition) is 3. The molecule has 1 heterocycles. The zero-order valence-corrected chi connectivity index (χ0v) is 16.8. The number of anilines is 1. The second kappa shape index (κ2) is 7.69. The maximum absolute atomic E-state index is 12.9. The lowest BCUT2D eigenvalue weighted by atomic mass is 9.76. The summed E-state index contributed by atoms with van der Waals surface area (Å²) in [6, 6.07) is 0. The van der Waals surface area contributed by atoms with Crippen LogP contribution in [0.4, 0.5) is 5.00 Å². The van der Waals surface area contributed by atoms with Gasteiger partial charge in [0, 0.05) is 10.8 Å². The highest BCUT2D eigenvalue weighted by atomic mass is 32.1. The monoisotopic (exact) mass is 378 g/mol. The Morgan fingerprint density at radius 1 is 1.27 bits per heavy atom. The van der Waals surface area contributed by atoms with Crippen molar-refractivity contribution in [3.05, 3.63) is 16.0 Å². The molecule has 6 heteroatoms. The van der Waals surface area contributed by atoms with Crippen LogP contribution >= 0.6 is 11.3 Å². The Morgan fingerprint density at radius 2 is 2.00 bits per heavy atom. The minimum absolute atomic E-state index is 0.00897. The topological polar surface area (TPSA) is 78.4 Å². The van der Waals surface area contributed by atoms with Crippen molar-refractivity contribution >= 4 is 28.2 Å². The van der Waals surface area contributed by atoms with E-state index in [0.29, 0.717) is 16.5 Å². The lowest BCUT2D eigenvalue weighted by molar-refractivity contribution is -0.122. The second-order valence-corrected chi connectivity index (χ2v) is 9.66. The Hall–Kier alpha value is -1.40. The zero-order valence-electron chi connectivity index (χ0n) is 16.0. The van der Waals surface area contributed by atoms with Crippen molar-refractivity contribution in [3.63, 3.8) is 0 Å². The molecule has 2 aliphatic rings. The van der Waals surface area contributed by atoms with E-state index in [2.05, 4.69) is 24.5 Å². The number of carbonyl (C=O) groups is 2. The lowest BCUT2D eigenvalue weighted by Gasteiger charge is -2.30. The third kappa shape index (κ3) is 3.96. The number of aromatic carboxylic acids is 1. The first-order valence-corrected chi connectivity index (χ1v) is 10.5. The van der Waals surface area contributed by atoms with Crippen LogP contribution in [-0.4, -0.2) is 30.6 Å². The number of carboxylic acid groups (broad SMARTS) is 1. The molecule has 1 saturated carbocycles. The molecular weight excluding hydrogens is 348 g/mol. The average Bonchev–Trinajstić information content (AvgIpc) is 2.91. The SMILES string of the molecule is CNCC1CCCCC1C(=O)Nc1sc2c(c1C(=O)O)CC(C)(C)CC2. The predicted molar refractivity (Wildman–Crippen MR) is 105 cm³/mol. The number of thiophene rings is 1. The molecule has 3 rings (SSSR count). The lowest BCUT2D eigenvalue weighted by Crippen LogP contribution is -2.36. The van der Waals surface area contributed by atoms with Crippen molar-refractivity contribution in [1.82, 2.24) is 5.32 Å². The second-order valence-electron chi connectivity index (χ2n) is 8.55. The summed E-state index contributed by atoms with van der Waals surface area (Å²) in [6.07, 6.45) is 6.90. The number of aryl methyl sites for hydroxylation is 1. The van der Waals surface area contributed by atoms with E-state index in [9.17, 15) is 14.7 Å². The standard InChI is InChI=1S/C20H30N2O3S/c1-20(2)9-8-15-14(10-20)16(19(24)25)18(26-15)22-17(23)13-7-5-4-6-12(13)11-21-3/h12-13,21H,4-11H2,1-3H3,(H,22,23)(H,24,25). The minimum atomic E-state index is -0.925. The van der Waals surface area contributed by atoms with E-state index in [0.717, 1.165) is 55.5 Å². The van der Waals surface area contributed by atoms with Crippen molar-refractivity contribution in [2.24, 2.45) is 17.3 Å². The van der Waals surface area contributed by atoms with Crippen LogP contribution in [0.2, 0.25) is 0 Å². The van der Waals surface area contributed by atoms with Crippen LogP contribution in [0.5, 0.6) is 0 Å². The van der Waals surface area contributed by atoms with Gasteiger partial charge >= 0.3 is 5.97 Å². The summed E-state index contributed by atoms with van der Waals surface area (Å²) in [5, 5.41) is 16.5. The molecule has 26 heavy (non-hydrogen) atoms. The van der Waals surface area contributed by atoms with E-state index in [1.807, 2.05) is 7.05 Å². The average molecular weight is 379 g/mol. The maximum Gasteiger partial charge on any atom is 0.339 e. The third-order valence-corrected chi connectivity index (χ3v) is 7.14. The Kier molecular flexibility index (Phi) is 5.72. The van der Waals surface area contributed by atoms with Crippen molar-refractivity contribution in [1.29, 1.82) is 0 Å². The molecule has 0 spiro atoms. The summed E-state index contributed by atoms with van der Waals surface area (Å²) in [5.74, 6) is -0.639. The van der Waals surface area contributed by atoms with Crippen LogP contribution in [0.1, 0.15) is 66.8 Å². The minimum Gasteiger partial charge on any atom is -0.478 e. The van der Waals surface area contributed by atoms with Crippen LogP contribution in [0.25, 0.3) is 0 Å². The largest absolute Gasteiger partial charge is 0.478 e. The van der Waals surface area contributed by atoms with E-state index < -0.39 is 5.97 Å². The number of carboxylic acids is 1. The molecule has 2 aliphatic carbocycles. The number of hydrogen-bond acceptors (Lipinski definition) is 4. The molecule has 0 radical (unpaired) electrons. The number of rotatable bonds is 5. The van der Waals surface area contributed by atoms with Gasteiger partial charge < -0.3 is 15.7 Å². The molecule has 2 unspecified atom stereocenters. The molecule has 3 N–H and O–H groups in total. The van der Waals surface area contributed by atoms with Gasteiger partial charge in [0.2, 0.25) is 5.91 Å². The van der Waals surface area contributed by atoms with Gasteiger partial charge in [-0.25, -0.2) is 4.79 Å².